The van der Waals surface area contributed by atoms with Crippen LogP contribution in [-0.2, 0) is 4.79 Å². The van der Waals surface area contributed by atoms with E-state index in [0.717, 1.165) is 4.47 Å². The molecule has 0 spiro atoms. The van der Waals surface area contributed by atoms with Gasteiger partial charge in [0, 0.05) is 36.6 Å². The third-order valence-electron chi connectivity index (χ3n) is 4.95. The van der Waals surface area contributed by atoms with Crippen molar-refractivity contribution in [2.45, 2.75) is 19.3 Å². The lowest BCUT2D eigenvalue weighted by Gasteiger charge is -2.30. The molecule has 1 aromatic carbocycles. The van der Waals surface area contributed by atoms with E-state index in [4.69, 9.17) is 5.73 Å². The first-order chi connectivity index (χ1) is 12.9. The first-order valence-corrected chi connectivity index (χ1v) is 9.65. The molecule has 1 saturated heterocycles. The summed E-state index contributed by atoms with van der Waals surface area (Å²) in [4.78, 5) is 50.9. The van der Waals surface area contributed by atoms with Gasteiger partial charge in [0.25, 0.3) is 11.8 Å². The zero-order chi connectivity index (χ0) is 19.6. The quantitative estimate of drug-likeness (QED) is 0.535. The standard InChI is InChI=1S/C18H21BrN4O4/c19-12-2-3-13-14(10-12)17(26)23(16(13)25)7-1-6-21-18(27)22-8-4-11(5-9-22)15(20)24/h2-3,10-11H,1,4-9H2,(H2,20,24)(H,21,27). The highest BCUT2D eigenvalue weighted by molar-refractivity contribution is 9.10. The topological polar surface area (TPSA) is 113 Å². The number of rotatable bonds is 5. The van der Waals surface area contributed by atoms with E-state index in [-0.39, 0.29) is 36.2 Å². The number of carbonyl (C=O) groups excluding carboxylic acids is 4. The minimum atomic E-state index is -0.317. The molecule has 0 aromatic heterocycles. The summed E-state index contributed by atoms with van der Waals surface area (Å²) in [6.07, 6.45) is 1.62. The molecule has 3 N–H and O–H groups in total. The van der Waals surface area contributed by atoms with Gasteiger partial charge in [0.15, 0.2) is 0 Å². The number of urea groups is 1. The predicted molar refractivity (Wildman–Crippen MR) is 101 cm³/mol. The summed E-state index contributed by atoms with van der Waals surface area (Å²) in [7, 11) is 0. The summed E-state index contributed by atoms with van der Waals surface area (Å²) >= 11 is 3.30. The molecular weight excluding hydrogens is 416 g/mol. The predicted octanol–water partition coefficient (Wildman–Crippen LogP) is 1.34. The number of nitrogens with one attached hydrogen (secondary N) is 1. The van der Waals surface area contributed by atoms with Crippen LogP contribution >= 0.6 is 15.9 Å². The van der Waals surface area contributed by atoms with Gasteiger partial charge in [-0.15, -0.1) is 0 Å². The van der Waals surface area contributed by atoms with Gasteiger partial charge in [0.1, 0.15) is 0 Å². The smallest absolute Gasteiger partial charge is 0.317 e. The Balaban J connectivity index is 1.43. The summed E-state index contributed by atoms with van der Waals surface area (Å²) in [5.74, 6) is -1.09. The SMILES string of the molecule is NC(=O)C1CCN(C(=O)NCCCN2C(=O)c3ccc(Br)cc3C2=O)CC1. The van der Waals surface area contributed by atoms with Crippen molar-refractivity contribution in [1.29, 1.82) is 0 Å². The van der Waals surface area contributed by atoms with E-state index >= 15 is 0 Å². The van der Waals surface area contributed by atoms with Crippen LogP contribution in [0.15, 0.2) is 22.7 Å². The van der Waals surface area contributed by atoms with Crippen LogP contribution in [0.3, 0.4) is 0 Å². The Morgan fingerprint density at radius 1 is 1.15 bits per heavy atom. The number of nitrogens with zero attached hydrogens (tertiary/aromatic N) is 2. The van der Waals surface area contributed by atoms with Crippen molar-refractivity contribution in [3.8, 4) is 0 Å². The second kappa shape index (κ2) is 8.08. The zero-order valence-electron chi connectivity index (χ0n) is 14.7. The van der Waals surface area contributed by atoms with E-state index in [1.165, 1.54) is 4.90 Å². The number of likely N-dealkylation sites (tertiary alicyclic amines) is 1. The Morgan fingerprint density at radius 2 is 1.81 bits per heavy atom. The van der Waals surface area contributed by atoms with Crippen molar-refractivity contribution in [2.75, 3.05) is 26.2 Å². The van der Waals surface area contributed by atoms with Crippen LogP contribution < -0.4 is 11.1 Å². The van der Waals surface area contributed by atoms with Crippen molar-refractivity contribution in [3.05, 3.63) is 33.8 Å². The molecule has 0 aliphatic carbocycles. The van der Waals surface area contributed by atoms with Gasteiger partial charge in [0.05, 0.1) is 11.1 Å². The lowest BCUT2D eigenvalue weighted by Crippen LogP contribution is -2.46. The largest absolute Gasteiger partial charge is 0.369 e. The number of carbonyl (C=O) groups is 4. The fourth-order valence-corrected chi connectivity index (χ4v) is 3.74. The zero-order valence-corrected chi connectivity index (χ0v) is 16.3. The summed E-state index contributed by atoms with van der Waals surface area (Å²) in [6.45, 7) is 1.58. The second-order valence-electron chi connectivity index (χ2n) is 6.70. The van der Waals surface area contributed by atoms with Gasteiger partial charge in [0.2, 0.25) is 5.91 Å². The molecule has 3 rings (SSSR count). The maximum absolute atomic E-state index is 12.4. The van der Waals surface area contributed by atoms with Gasteiger partial charge in [-0.3, -0.25) is 19.3 Å². The molecule has 2 aliphatic rings. The number of hydrogen-bond acceptors (Lipinski definition) is 4. The molecule has 5 amide bonds. The third-order valence-corrected chi connectivity index (χ3v) is 5.45. The monoisotopic (exact) mass is 436 g/mol. The lowest BCUT2D eigenvalue weighted by molar-refractivity contribution is -0.123. The van der Waals surface area contributed by atoms with E-state index in [1.807, 2.05) is 0 Å². The molecule has 9 heteroatoms. The molecular formula is C18H21BrN4O4. The Hall–Kier alpha value is -2.42. The number of fused-ring (bicyclic) bond motifs is 1. The number of nitrogens with two attached hydrogens (primary N) is 1. The van der Waals surface area contributed by atoms with Gasteiger partial charge >= 0.3 is 6.03 Å². The normalized spacial score (nSPS) is 17.2. The Kier molecular flexibility index (Phi) is 5.79. The van der Waals surface area contributed by atoms with Gasteiger partial charge in [-0.2, -0.15) is 0 Å². The molecule has 144 valence electrons. The highest BCUT2D eigenvalue weighted by Crippen LogP contribution is 2.26. The molecule has 0 radical (unpaired) electrons. The van der Waals surface area contributed by atoms with Gasteiger partial charge in [-0.25, -0.2) is 4.79 Å². The average Bonchev–Trinajstić information content (AvgIpc) is 2.89. The summed E-state index contributed by atoms with van der Waals surface area (Å²) in [5, 5.41) is 2.79. The van der Waals surface area contributed by atoms with E-state index in [0.29, 0.717) is 50.0 Å². The van der Waals surface area contributed by atoms with Crippen molar-refractivity contribution >= 4 is 39.7 Å². The van der Waals surface area contributed by atoms with E-state index in [2.05, 4.69) is 21.2 Å². The van der Waals surface area contributed by atoms with Crippen LogP contribution in [0.2, 0.25) is 0 Å². The number of hydrogen-bond donors (Lipinski definition) is 2. The Morgan fingerprint density at radius 3 is 2.48 bits per heavy atom. The molecule has 1 aromatic rings. The Labute approximate surface area is 165 Å². The highest BCUT2D eigenvalue weighted by Gasteiger charge is 2.35. The molecule has 27 heavy (non-hydrogen) atoms. The summed E-state index contributed by atoms with van der Waals surface area (Å²) in [5.41, 5.74) is 6.09. The molecule has 1 fully saturated rings. The number of amides is 5. The molecule has 0 unspecified atom stereocenters. The molecule has 8 nitrogen and oxygen atoms in total. The van der Waals surface area contributed by atoms with Crippen molar-refractivity contribution in [2.24, 2.45) is 11.7 Å². The minimum Gasteiger partial charge on any atom is -0.369 e. The van der Waals surface area contributed by atoms with Crippen LogP contribution in [0.1, 0.15) is 40.0 Å². The van der Waals surface area contributed by atoms with Gasteiger partial charge in [-0.05, 0) is 37.5 Å². The van der Waals surface area contributed by atoms with Crippen LogP contribution in [-0.4, -0.2) is 59.7 Å². The minimum absolute atomic E-state index is 0.164. The summed E-state index contributed by atoms with van der Waals surface area (Å²) in [6, 6.07) is 4.81. The van der Waals surface area contributed by atoms with Gasteiger partial charge < -0.3 is 16.0 Å². The van der Waals surface area contributed by atoms with Crippen LogP contribution in [0.25, 0.3) is 0 Å². The molecule has 0 bridgehead atoms. The van der Waals surface area contributed by atoms with E-state index < -0.39 is 0 Å². The average molecular weight is 437 g/mol. The molecule has 2 heterocycles. The number of halogens is 1. The van der Waals surface area contributed by atoms with Crippen molar-refractivity contribution < 1.29 is 19.2 Å². The van der Waals surface area contributed by atoms with Crippen LogP contribution in [0.5, 0.6) is 0 Å². The van der Waals surface area contributed by atoms with E-state index in [9.17, 15) is 19.2 Å². The Bertz CT molecular complexity index is 790. The fourth-order valence-electron chi connectivity index (χ4n) is 3.38. The van der Waals surface area contributed by atoms with Crippen LogP contribution in [0, 0.1) is 5.92 Å². The first kappa shape index (κ1) is 19.3. The maximum Gasteiger partial charge on any atom is 0.317 e. The second-order valence-corrected chi connectivity index (χ2v) is 7.62. The number of piperidine rings is 1. The number of benzene rings is 1. The summed E-state index contributed by atoms with van der Waals surface area (Å²) < 4.78 is 0.747. The molecule has 0 saturated carbocycles. The van der Waals surface area contributed by atoms with Crippen molar-refractivity contribution in [3.63, 3.8) is 0 Å². The van der Waals surface area contributed by atoms with Crippen LogP contribution in [0.4, 0.5) is 4.79 Å². The fraction of sp³-hybridized carbons (Fsp3) is 0.444. The van der Waals surface area contributed by atoms with E-state index in [1.54, 1.807) is 23.1 Å². The number of imide groups is 1. The van der Waals surface area contributed by atoms with Gasteiger partial charge in [-0.1, -0.05) is 15.9 Å². The molecule has 2 aliphatic heterocycles. The third kappa shape index (κ3) is 4.13. The maximum atomic E-state index is 12.4. The lowest BCUT2D eigenvalue weighted by atomic mass is 9.96. The first-order valence-electron chi connectivity index (χ1n) is 8.86. The highest BCUT2D eigenvalue weighted by atomic mass is 79.9. The van der Waals surface area contributed by atoms with Crippen molar-refractivity contribution in [1.82, 2.24) is 15.1 Å². The number of primary amides is 1. The molecule has 0 atom stereocenters.